The van der Waals surface area contributed by atoms with Crippen LogP contribution in [0.4, 0.5) is 0 Å². The van der Waals surface area contributed by atoms with E-state index >= 15 is 0 Å². The fraction of sp³-hybridized carbons (Fsp3) is 0.850. The van der Waals surface area contributed by atoms with Crippen LogP contribution in [0.25, 0.3) is 0 Å². The third-order valence-corrected chi connectivity index (χ3v) is 7.60. The molecular weight excluding hydrogens is 304 g/mol. The van der Waals surface area contributed by atoms with Gasteiger partial charge in [-0.15, -0.1) is 6.58 Å². The van der Waals surface area contributed by atoms with E-state index in [9.17, 15) is 15.0 Å². The van der Waals surface area contributed by atoms with Gasteiger partial charge in [-0.05, 0) is 50.9 Å². The zero-order valence-electron chi connectivity index (χ0n) is 15.5. The van der Waals surface area contributed by atoms with Crippen molar-refractivity contribution in [2.75, 3.05) is 6.61 Å². The van der Waals surface area contributed by atoms with Crippen molar-refractivity contribution in [1.29, 1.82) is 0 Å². The highest BCUT2D eigenvalue weighted by Gasteiger charge is 2.66. The Morgan fingerprint density at radius 3 is 2.50 bits per heavy atom. The number of hydrogen-bond donors (Lipinski definition) is 2. The second-order valence-electron chi connectivity index (χ2n) is 9.32. The molecule has 2 aliphatic carbocycles. The molecule has 1 saturated heterocycles. The summed E-state index contributed by atoms with van der Waals surface area (Å²) in [6.07, 6.45) is 4.66. The average Bonchev–Trinajstić information content (AvgIpc) is 2.49. The van der Waals surface area contributed by atoms with Crippen LogP contribution in [0.1, 0.15) is 59.8 Å². The normalized spacial score (nSPS) is 54.8. The lowest BCUT2D eigenvalue weighted by Crippen LogP contribution is -2.68. The minimum Gasteiger partial charge on any atom is -0.396 e. The van der Waals surface area contributed by atoms with Gasteiger partial charge in [-0.25, -0.2) is 0 Å². The molecule has 24 heavy (non-hydrogen) atoms. The molecule has 0 aromatic rings. The van der Waals surface area contributed by atoms with E-state index in [1.54, 1.807) is 6.08 Å². The Balaban J connectivity index is 2.04. The third kappa shape index (κ3) is 2.26. The fourth-order valence-corrected chi connectivity index (χ4v) is 6.38. The summed E-state index contributed by atoms with van der Waals surface area (Å²) in [6.45, 7) is 12.0. The van der Waals surface area contributed by atoms with Crippen LogP contribution < -0.4 is 0 Å². The minimum absolute atomic E-state index is 0.0444. The molecule has 2 saturated carbocycles. The Morgan fingerprint density at radius 1 is 1.25 bits per heavy atom. The Morgan fingerprint density at radius 2 is 1.92 bits per heavy atom. The summed E-state index contributed by atoms with van der Waals surface area (Å²) < 4.78 is 6.46. The first-order valence-electron chi connectivity index (χ1n) is 9.20. The van der Waals surface area contributed by atoms with Gasteiger partial charge in [0.15, 0.2) is 0 Å². The molecule has 3 aliphatic rings. The zero-order valence-corrected chi connectivity index (χ0v) is 15.5. The Hall–Kier alpha value is -0.710. The number of fused-ring (bicyclic) bond motifs is 3. The lowest BCUT2D eigenvalue weighted by molar-refractivity contribution is -0.254. The van der Waals surface area contributed by atoms with E-state index in [4.69, 9.17) is 4.74 Å². The number of aliphatic hydroxyl groups excluding tert-OH is 2. The summed E-state index contributed by atoms with van der Waals surface area (Å²) >= 11 is 0. The van der Waals surface area contributed by atoms with E-state index < -0.39 is 22.7 Å². The first-order valence-corrected chi connectivity index (χ1v) is 9.20. The number of hydrogen-bond acceptors (Lipinski definition) is 4. The molecule has 3 fully saturated rings. The van der Waals surface area contributed by atoms with Crippen molar-refractivity contribution in [1.82, 2.24) is 0 Å². The van der Waals surface area contributed by atoms with Gasteiger partial charge >= 0.3 is 0 Å². The number of Topliss-reactive ketones (excluding diaryl/α,β-unsaturated/α-hetero) is 1. The van der Waals surface area contributed by atoms with Crippen molar-refractivity contribution in [3.05, 3.63) is 12.7 Å². The number of rotatable bonds is 2. The average molecular weight is 336 g/mol. The molecule has 0 spiro atoms. The van der Waals surface area contributed by atoms with Crippen LogP contribution in [-0.4, -0.2) is 39.9 Å². The molecule has 3 rings (SSSR count). The summed E-state index contributed by atoms with van der Waals surface area (Å²) in [5.41, 5.74) is -1.89. The number of aliphatic hydroxyl groups is 2. The van der Waals surface area contributed by atoms with Crippen molar-refractivity contribution in [2.45, 2.75) is 77.1 Å². The summed E-state index contributed by atoms with van der Waals surface area (Å²) in [4.78, 5) is 13.2. The van der Waals surface area contributed by atoms with Gasteiger partial charge in [0, 0.05) is 11.8 Å². The molecule has 0 bridgehead atoms. The van der Waals surface area contributed by atoms with Crippen molar-refractivity contribution in [3.63, 3.8) is 0 Å². The summed E-state index contributed by atoms with van der Waals surface area (Å²) in [5, 5.41) is 20.6. The SMILES string of the molecule is C=C[C@@]1(C)CC(=O)[C@@H]2[C@@]3(C)CC[C@H](O)[C@@](C)(CO)[C@@H]3CC[C@@]2(C)O1. The van der Waals surface area contributed by atoms with E-state index in [2.05, 4.69) is 20.4 Å². The van der Waals surface area contributed by atoms with Crippen molar-refractivity contribution in [2.24, 2.45) is 22.7 Å². The van der Waals surface area contributed by atoms with Crippen LogP contribution in [0.15, 0.2) is 12.7 Å². The highest BCUT2D eigenvalue weighted by Crippen LogP contribution is 2.64. The van der Waals surface area contributed by atoms with E-state index in [1.165, 1.54) is 0 Å². The molecule has 7 atom stereocenters. The smallest absolute Gasteiger partial charge is 0.142 e. The van der Waals surface area contributed by atoms with Crippen molar-refractivity contribution in [3.8, 4) is 0 Å². The molecule has 4 heteroatoms. The molecular formula is C20H32O4. The van der Waals surface area contributed by atoms with Crippen molar-refractivity contribution >= 4 is 5.78 Å². The van der Waals surface area contributed by atoms with Gasteiger partial charge in [-0.2, -0.15) is 0 Å². The second-order valence-corrected chi connectivity index (χ2v) is 9.32. The number of ether oxygens (including phenoxy) is 1. The Bertz CT molecular complexity index is 560. The molecule has 0 amide bonds. The van der Waals surface area contributed by atoms with Crippen LogP contribution >= 0.6 is 0 Å². The summed E-state index contributed by atoms with van der Waals surface area (Å²) in [6, 6.07) is 0. The fourth-order valence-electron chi connectivity index (χ4n) is 6.38. The summed E-state index contributed by atoms with van der Waals surface area (Å²) in [5.74, 6) is 0.183. The van der Waals surface area contributed by atoms with Crippen LogP contribution in [0.2, 0.25) is 0 Å². The zero-order chi connectivity index (χ0) is 18.0. The van der Waals surface area contributed by atoms with Gasteiger partial charge in [-0.3, -0.25) is 4.79 Å². The lowest BCUT2D eigenvalue weighted by atomic mass is 9.43. The largest absolute Gasteiger partial charge is 0.396 e. The maximum Gasteiger partial charge on any atom is 0.142 e. The third-order valence-electron chi connectivity index (χ3n) is 7.60. The standard InChI is InChI=1S/C20H32O4/c1-6-17(2)11-13(22)16-18(3)9-8-15(23)19(4,12-21)14(18)7-10-20(16,5)24-17/h6,14-16,21,23H,1,7-12H2,2-5H3/t14-,15+,16-,17+,18+,19+,20-/m1/s1. The van der Waals surface area contributed by atoms with Crippen molar-refractivity contribution < 1.29 is 19.7 Å². The monoisotopic (exact) mass is 336 g/mol. The van der Waals surface area contributed by atoms with E-state index in [0.29, 0.717) is 12.8 Å². The number of carbonyl (C=O) groups is 1. The predicted octanol–water partition coefficient (Wildman–Crippen LogP) is 2.87. The van der Waals surface area contributed by atoms with Gasteiger partial charge in [0.05, 0.1) is 29.8 Å². The Labute approximate surface area is 145 Å². The number of carbonyl (C=O) groups excluding carboxylic acids is 1. The lowest BCUT2D eigenvalue weighted by Gasteiger charge is -2.65. The van der Waals surface area contributed by atoms with Gasteiger partial charge < -0.3 is 14.9 Å². The van der Waals surface area contributed by atoms with Gasteiger partial charge in [0.25, 0.3) is 0 Å². The van der Waals surface area contributed by atoms with Crippen LogP contribution in [0, 0.1) is 22.7 Å². The quantitative estimate of drug-likeness (QED) is 0.761. The van der Waals surface area contributed by atoms with Gasteiger partial charge in [-0.1, -0.05) is 19.9 Å². The molecule has 4 nitrogen and oxygen atoms in total. The molecule has 0 unspecified atom stereocenters. The molecule has 0 radical (unpaired) electrons. The second kappa shape index (κ2) is 5.39. The first-order chi connectivity index (χ1) is 11.0. The maximum absolute atomic E-state index is 13.2. The van der Waals surface area contributed by atoms with Gasteiger partial charge in [0.2, 0.25) is 0 Å². The van der Waals surface area contributed by atoms with E-state index in [1.807, 2.05) is 13.8 Å². The molecule has 2 N–H and O–H groups in total. The predicted molar refractivity (Wildman–Crippen MR) is 92.5 cm³/mol. The Kier molecular flexibility index (Phi) is 4.06. The first kappa shape index (κ1) is 18.1. The molecule has 136 valence electrons. The van der Waals surface area contributed by atoms with Gasteiger partial charge in [0.1, 0.15) is 5.78 Å². The number of ketones is 1. The minimum atomic E-state index is -0.597. The molecule has 0 aromatic heterocycles. The highest BCUT2D eigenvalue weighted by atomic mass is 16.5. The topological polar surface area (TPSA) is 66.8 Å². The van der Waals surface area contributed by atoms with E-state index in [-0.39, 0.29) is 29.6 Å². The van der Waals surface area contributed by atoms with E-state index in [0.717, 1.165) is 19.3 Å². The summed E-state index contributed by atoms with van der Waals surface area (Å²) in [7, 11) is 0. The highest BCUT2D eigenvalue weighted by molar-refractivity contribution is 5.85. The van der Waals surface area contributed by atoms with Crippen LogP contribution in [0.5, 0.6) is 0 Å². The van der Waals surface area contributed by atoms with Crippen LogP contribution in [-0.2, 0) is 9.53 Å². The molecule has 0 aromatic carbocycles. The van der Waals surface area contributed by atoms with Crippen LogP contribution in [0.3, 0.4) is 0 Å². The molecule has 1 aliphatic heterocycles. The molecule has 1 heterocycles. The maximum atomic E-state index is 13.2.